The van der Waals surface area contributed by atoms with Crippen molar-refractivity contribution in [1.29, 1.82) is 5.26 Å². The number of carbonyl (C=O) groups excluding carboxylic acids is 2. The number of aryl methyl sites for hydroxylation is 1. The maximum absolute atomic E-state index is 12.8. The van der Waals surface area contributed by atoms with Crippen LogP contribution in [0.5, 0.6) is 5.75 Å². The van der Waals surface area contributed by atoms with Gasteiger partial charge in [0, 0.05) is 12.2 Å². The van der Waals surface area contributed by atoms with E-state index in [0.29, 0.717) is 29.4 Å². The molecule has 0 unspecified atom stereocenters. The van der Waals surface area contributed by atoms with Gasteiger partial charge < -0.3 is 14.4 Å². The van der Waals surface area contributed by atoms with Crippen molar-refractivity contribution in [3.05, 3.63) is 66.0 Å². The summed E-state index contributed by atoms with van der Waals surface area (Å²) in [6, 6.07) is 18.1. The van der Waals surface area contributed by atoms with Crippen LogP contribution in [-0.2, 0) is 9.53 Å². The lowest BCUT2D eigenvalue weighted by Crippen LogP contribution is -2.35. The Labute approximate surface area is 185 Å². The highest BCUT2D eigenvalue weighted by molar-refractivity contribution is 5.97. The number of hydrogen-bond donors (Lipinski definition) is 0. The van der Waals surface area contributed by atoms with E-state index in [-0.39, 0.29) is 18.7 Å². The number of hydrogen-bond acceptors (Lipinski definition) is 7. The molecule has 0 aliphatic heterocycles. The smallest absolute Gasteiger partial charge is 0.361 e. The largest absolute Gasteiger partial charge is 0.494 e. The lowest BCUT2D eigenvalue weighted by atomic mass is 10.2. The lowest BCUT2D eigenvalue weighted by molar-refractivity contribution is -0.121. The van der Waals surface area contributed by atoms with Crippen LogP contribution >= 0.6 is 0 Å². The topological polar surface area (TPSA) is 110 Å². The maximum atomic E-state index is 12.8. The Morgan fingerprint density at radius 1 is 1.09 bits per heavy atom. The van der Waals surface area contributed by atoms with Crippen molar-refractivity contribution in [1.82, 2.24) is 15.0 Å². The van der Waals surface area contributed by atoms with Crippen LogP contribution in [0.15, 0.2) is 54.6 Å². The lowest BCUT2D eigenvalue weighted by Gasteiger charge is -2.22. The van der Waals surface area contributed by atoms with Crippen molar-refractivity contribution >= 4 is 17.6 Å². The normalized spacial score (nSPS) is 10.3. The van der Waals surface area contributed by atoms with Gasteiger partial charge in [0.25, 0.3) is 5.91 Å². The highest BCUT2D eigenvalue weighted by atomic mass is 16.5. The molecular formula is C23H23N5O4. The van der Waals surface area contributed by atoms with E-state index >= 15 is 0 Å². The van der Waals surface area contributed by atoms with Crippen LogP contribution < -0.4 is 9.64 Å². The molecule has 0 saturated heterocycles. The number of anilines is 1. The van der Waals surface area contributed by atoms with Gasteiger partial charge in [-0.1, -0.05) is 18.2 Å². The first-order valence-electron chi connectivity index (χ1n) is 10.1. The van der Waals surface area contributed by atoms with Crippen LogP contribution in [0.2, 0.25) is 0 Å². The number of amides is 1. The van der Waals surface area contributed by atoms with E-state index in [2.05, 4.69) is 10.2 Å². The Morgan fingerprint density at radius 3 is 2.47 bits per heavy atom. The molecule has 1 heterocycles. The first kappa shape index (κ1) is 22.5. The molecule has 0 aliphatic carbocycles. The fraction of sp³-hybridized carbons (Fsp3) is 0.261. The maximum Gasteiger partial charge on any atom is 0.361 e. The molecule has 1 aromatic heterocycles. The Kier molecular flexibility index (Phi) is 7.54. The summed E-state index contributed by atoms with van der Waals surface area (Å²) in [6.45, 7) is 3.73. The summed E-state index contributed by atoms with van der Waals surface area (Å²) < 4.78 is 10.6. The minimum absolute atomic E-state index is 0.0336. The fourth-order valence-electron chi connectivity index (χ4n) is 2.97. The second-order valence-electron chi connectivity index (χ2n) is 6.72. The van der Waals surface area contributed by atoms with E-state index in [1.807, 2.05) is 43.3 Å². The second-order valence-corrected chi connectivity index (χ2v) is 6.72. The van der Waals surface area contributed by atoms with Gasteiger partial charge in [-0.3, -0.25) is 4.79 Å². The zero-order chi connectivity index (χ0) is 22.9. The van der Waals surface area contributed by atoms with Gasteiger partial charge in [-0.25, -0.2) is 4.79 Å². The van der Waals surface area contributed by atoms with Crippen LogP contribution in [0.25, 0.3) is 5.69 Å². The van der Waals surface area contributed by atoms with Crippen molar-refractivity contribution in [2.45, 2.75) is 20.3 Å². The summed E-state index contributed by atoms with van der Waals surface area (Å²) in [5, 5.41) is 17.4. The van der Waals surface area contributed by atoms with Crippen molar-refractivity contribution in [3.8, 4) is 17.5 Å². The van der Waals surface area contributed by atoms with E-state index in [1.165, 1.54) is 9.70 Å². The summed E-state index contributed by atoms with van der Waals surface area (Å²) in [7, 11) is 0. The Morgan fingerprint density at radius 2 is 1.81 bits per heavy atom. The van der Waals surface area contributed by atoms with Gasteiger partial charge in [0.15, 0.2) is 12.3 Å². The standard InChI is InChI=1S/C23H23N5O4/c1-3-31-20-12-10-18(11-13-20)27(15-7-14-24)21(29)16-32-23(30)22-17(2)25-28(26-22)19-8-5-4-6-9-19/h4-6,8-13H,3,7,15-16H2,1-2H3. The van der Waals surface area contributed by atoms with Gasteiger partial charge in [0.2, 0.25) is 0 Å². The van der Waals surface area contributed by atoms with Crippen molar-refractivity contribution in [3.63, 3.8) is 0 Å². The summed E-state index contributed by atoms with van der Waals surface area (Å²) in [5.41, 5.74) is 1.70. The van der Waals surface area contributed by atoms with E-state index in [4.69, 9.17) is 14.7 Å². The molecule has 2 aromatic carbocycles. The number of carbonyl (C=O) groups is 2. The van der Waals surface area contributed by atoms with E-state index in [9.17, 15) is 9.59 Å². The number of para-hydroxylation sites is 1. The predicted molar refractivity (Wildman–Crippen MR) is 117 cm³/mol. The number of nitrogens with zero attached hydrogens (tertiary/aromatic N) is 5. The summed E-state index contributed by atoms with van der Waals surface area (Å²) >= 11 is 0. The second kappa shape index (κ2) is 10.7. The molecule has 0 atom stereocenters. The predicted octanol–water partition coefficient (Wildman–Crippen LogP) is 3.08. The van der Waals surface area contributed by atoms with Crippen LogP contribution in [0.1, 0.15) is 29.5 Å². The number of rotatable bonds is 9. The van der Waals surface area contributed by atoms with Gasteiger partial charge >= 0.3 is 5.97 Å². The van der Waals surface area contributed by atoms with Gasteiger partial charge in [-0.2, -0.15) is 15.2 Å². The zero-order valence-corrected chi connectivity index (χ0v) is 17.9. The van der Waals surface area contributed by atoms with Gasteiger partial charge in [0.1, 0.15) is 5.75 Å². The molecule has 32 heavy (non-hydrogen) atoms. The highest BCUT2D eigenvalue weighted by Crippen LogP contribution is 2.20. The molecular weight excluding hydrogens is 410 g/mol. The fourth-order valence-corrected chi connectivity index (χ4v) is 2.97. The monoisotopic (exact) mass is 433 g/mol. The van der Waals surface area contributed by atoms with Crippen LogP contribution in [0.3, 0.4) is 0 Å². The molecule has 164 valence electrons. The minimum Gasteiger partial charge on any atom is -0.494 e. The third kappa shape index (κ3) is 5.49. The van der Waals surface area contributed by atoms with Gasteiger partial charge in [-0.05, 0) is 50.2 Å². The molecule has 0 saturated carbocycles. The quantitative estimate of drug-likeness (QED) is 0.477. The van der Waals surface area contributed by atoms with Gasteiger partial charge in [-0.15, -0.1) is 5.10 Å². The average molecular weight is 433 g/mol. The first-order chi connectivity index (χ1) is 15.5. The Hall–Kier alpha value is -4.19. The molecule has 9 heteroatoms. The third-order valence-electron chi connectivity index (χ3n) is 4.50. The third-order valence-corrected chi connectivity index (χ3v) is 4.50. The Bertz CT molecular complexity index is 1100. The van der Waals surface area contributed by atoms with E-state index in [1.54, 1.807) is 31.2 Å². The van der Waals surface area contributed by atoms with Crippen LogP contribution in [0, 0.1) is 18.3 Å². The highest BCUT2D eigenvalue weighted by Gasteiger charge is 2.22. The molecule has 0 aliphatic rings. The Balaban J connectivity index is 1.68. The molecule has 3 aromatic rings. The molecule has 9 nitrogen and oxygen atoms in total. The van der Waals surface area contributed by atoms with E-state index < -0.39 is 18.5 Å². The number of aromatic nitrogens is 3. The molecule has 3 rings (SSSR count). The summed E-state index contributed by atoms with van der Waals surface area (Å²) in [5.74, 6) is -0.525. The average Bonchev–Trinajstić information content (AvgIpc) is 3.21. The molecule has 0 radical (unpaired) electrons. The van der Waals surface area contributed by atoms with Crippen LogP contribution in [0.4, 0.5) is 5.69 Å². The van der Waals surface area contributed by atoms with Crippen molar-refractivity contribution in [2.75, 3.05) is 24.7 Å². The molecule has 0 fully saturated rings. The van der Waals surface area contributed by atoms with E-state index in [0.717, 1.165) is 0 Å². The van der Waals surface area contributed by atoms with Crippen molar-refractivity contribution in [2.24, 2.45) is 0 Å². The summed E-state index contributed by atoms with van der Waals surface area (Å²) in [4.78, 5) is 28.0. The number of nitriles is 1. The molecule has 0 N–H and O–H groups in total. The molecule has 1 amide bonds. The number of esters is 1. The molecule has 0 spiro atoms. The number of benzene rings is 2. The summed E-state index contributed by atoms with van der Waals surface area (Å²) in [6.07, 6.45) is 0.136. The minimum atomic E-state index is -0.745. The number of ether oxygens (including phenoxy) is 2. The van der Waals surface area contributed by atoms with Crippen molar-refractivity contribution < 1.29 is 19.1 Å². The first-order valence-corrected chi connectivity index (χ1v) is 10.1. The van der Waals surface area contributed by atoms with Gasteiger partial charge in [0.05, 0.1) is 30.5 Å². The SMILES string of the molecule is CCOc1ccc(N(CCC#N)C(=O)COC(=O)c2nn(-c3ccccc3)nc2C)cc1. The molecule has 0 bridgehead atoms. The zero-order valence-electron chi connectivity index (χ0n) is 17.9. The van der Waals surface area contributed by atoms with Crippen LogP contribution in [-0.4, -0.2) is 46.6 Å².